The topological polar surface area (TPSA) is 72.1 Å². The van der Waals surface area contributed by atoms with Gasteiger partial charge >= 0.3 is 0 Å². The average molecular weight is 413 g/mol. The first kappa shape index (κ1) is 17.4. The van der Waals surface area contributed by atoms with Gasteiger partial charge in [-0.05, 0) is 31.2 Å². The third kappa shape index (κ3) is 2.18. The Morgan fingerprint density at radius 3 is 2.87 bits per heavy atom. The second kappa shape index (κ2) is 5.91. The second-order valence-electron chi connectivity index (χ2n) is 8.98. The van der Waals surface area contributed by atoms with Crippen LogP contribution in [-0.4, -0.2) is 71.5 Å². The molecule has 0 radical (unpaired) electrons. The van der Waals surface area contributed by atoms with E-state index in [2.05, 4.69) is 43.4 Å². The number of amides is 1. The molecule has 0 saturated carbocycles. The van der Waals surface area contributed by atoms with Crippen LogP contribution in [0.25, 0.3) is 33.7 Å². The first-order chi connectivity index (χ1) is 15.1. The molecular weight excluding hydrogens is 390 g/mol. The van der Waals surface area contributed by atoms with E-state index in [9.17, 15) is 4.79 Å². The number of carbonyl (C=O) groups is 1. The molecule has 7 heterocycles. The molecule has 0 spiro atoms. The maximum Gasteiger partial charge on any atom is 0.255 e. The zero-order valence-electron chi connectivity index (χ0n) is 17.6. The largest absolute Gasteiger partial charge is 0.332 e. The van der Waals surface area contributed by atoms with Crippen LogP contribution < -0.4 is 0 Å². The summed E-state index contributed by atoms with van der Waals surface area (Å²) < 4.78 is 4.18. The Morgan fingerprint density at radius 1 is 1.16 bits per heavy atom. The molecular formula is C23H23N7O. The molecule has 8 nitrogen and oxygen atoms in total. The molecule has 0 aromatic carbocycles. The fraction of sp³-hybridized carbons (Fsp3) is 0.391. The van der Waals surface area contributed by atoms with Gasteiger partial charge in [-0.3, -0.25) is 9.69 Å². The Morgan fingerprint density at radius 2 is 2.06 bits per heavy atom. The number of piperidine rings is 1. The van der Waals surface area contributed by atoms with Gasteiger partial charge in [-0.2, -0.15) is 0 Å². The third-order valence-electron chi connectivity index (χ3n) is 7.44. The van der Waals surface area contributed by atoms with E-state index in [1.54, 1.807) is 6.20 Å². The molecule has 7 rings (SSSR count). The Labute approximate surface area is 179 Å². The fourth-order valence-corrected chi connectivity index (χ4v) is 5.91. The van der Waals surface area contributed by atoms with Crippen molar-refractivity contribution in [3.05, 3.63) is 42.2 Å². The monoisotopic (exact) mass is 413 g/mol. The molecule has 156 valence electrons. The summed E-state index contributed by atoms with van der Waals surface area (Å²) in [5, 5.41) is 1.09. The van der Waals surface area contributed by atoms with Crippen molar-refractivity contribution >= 4 is 28.1 Å². The lowest BCUT2D eigenvalue weighted by Gasteiger charge is -2.56. The first-order valence-corrected chi connectivity index (χ1v) is 11.0. The quantitative estimate of drug-likeness (QED) is 0.515. The van der Waals surface area contributed by atoms with E-state index in [4.69, 9.17) is 4.98 Å². The SMILES string of the molecule is CCn1c(-c2nc3cc(C(=O)N4C[C@@H]5CN6C[C@H]4[C@H]56)cnc3n2C)cc2cccnc21. The highest BCUT2D eigenvalue weighted by atomic mass is 16.2. The predicted octanol–water partition coefficient (Wildman–Crippen LogP) is 2.14. The van der Waals surface area contributed by atoms with Gasteiger partial charge in [0.1, 0.15) is 11.2 Å². The standard InChI is InChI=1S/C23H23N7O/c1-3-29-17(8-13-5-4-6-24-20(13)29)22-26-16-7-14(9-25-21(16)27(22)2)23(31)30-11-15-10-28-12-18(30)19(15)28/h4-9,15,18-19H,3,10-12H2,1-2H3/t15-,18-,19-/m0/s1. The minimum Gasteiger partial charge on any atom is -0.332 e. The Balaban J connectivity index is 1.30. The van der Waals surface area contributed by atoms with Crippen molar-refractivity contribution in [2.24, 2.45) is 13.0 Å². The highest BCUT2D eigenvalue weighted by Crippen LogP contribution is 2.45. The average Bonchev–Trinajstić information content (AvgIpc) is 3.30. The van der Waals surface area contributed by atoms with Crippen molar-refractivity contribution in [3.8, 4) is 11.5 Å². The molecule has 0 aliphatic carbocycles. The maximum absolute atomic E-state index is 13.2. The molecule has 0 N–H and O–H groups in total. The normalized spacial score (nSPS) is 24.5. The number of likely N-dealkylation sites (tertiary alicyclic amines) is 1. The summed E-state index contributed by atoms with van der Waals surface area (Å²) in [6, 6.07) is 9.04. The van der Waals surface area contributed by atoms with Crippen LogP contribution >= 0.6 is 0 Å². The molecule has 4 aromatic heterocycles. The minimum absolute atomic E-state index is 0.0903. The molecule has 0 bridgehead atoms. The van der Waals surface area contributed by atoms with Crippen LogP contribution in [0.4, 0.5) is 0 Å². The van der Waals surface area contributed by atoms with E-state index in [-0.39, 0.29) is 5.91 Å². The van der Waals surface area contributed by atoms with Crippen LogP contribution in [0, 0.1) is 5.92 Å². The summed E-state index contributed by atoms with van der Waals surface area (Å²) in [7, 11) is 1.98. The van der Waals surface area contributed by atoms with E-state index in [0.717, 1.165) is 59.9 Å². The zero-order valence-corrected chi connectivity index (χ0v) is 17.6. The first-order valence-electron chi connectivity index (χ1n) is 11.0. The smallest absolute Gasteiger partial charge is 0.255 e. The third-order valence-corrected chi connectivity index (χ3v) is 7.44. The van der Waals surface area contributed by atoms with Crippen molar-refractivity contribution < 1.29 is 4.79 Å². The lowest BCUT2D eigenvalue weighted by atomic mass is 9.80. The van der Waals surface area contributed by atoms with Crippen LogP contribution in [0.3, 0.4) is 0 Å². The van der Waals surface area contributed by atoms with Crippen molar-refractivity contribution in [3.63, 3.8) is 0 Å². The van der Waals surface area contributed by atoms with Gasteiger partial charge in [-0.25, -0.2) is 15.0 Å². The molecule has 3 aliphatic rings. The Kier molecular flexibility index (Phi) is 3.32. The summed E-state index contributed by atoms with van der Waals surface area (Å²) in [6.07, 6.45) is 3.53. The van der Waals surface area contributed by atoms with Gasteiger partial charge in [0.2, 0.25) is 0 Å². The number of pyridine rings is 2. The number of aryl methyl sites for hydroxylation is 2. The lowest BCUT2D eigenvalue weighted by molar-refractivity contribution is -0.0605. The van der Waals surface area contributed by atoms with Crippen molar-refractivity contribution in [2.45, 2.75) is 25.6 Å². The summed E-state index contributed by atoms with van der Waals surface area (Å²) >= 11 is 0. The predicted molar refractivity (Wildman–Crippen MR) is 117 cm³/mol. The fourth-order valence-electron chi connectivity index (χ4n) is 5.91. The number of carbonyl (C=O) groups excluding carboxylic acids is 1. The van der Waals surface area contributed by atoms with E-state index in [1.807, 2.05) is 29.9 Å². The highest BCUT2D eigenvalue weighted by Gasteiger charge is 2.60. The number of aromatic nitrogens is 5. The minimum atomic E-state index is 0.0903. The number of nitrogens with zero attached hydrogens (tertiary/aromatic N) is 7. The molecule has 1 amide bonds. The number of hydrogen-bond acceptors (Lipinski definition) is 5. The number of fused-ring (bicyclic) bond motifs is 2. The second-order valence-corrected chi connectivity index (χ2v) is 8.98. The summed E-state index contributed by atoms with van der Waals surface area (Å²) in [5.41, 5.74) is 4.13. The summed E-state index contributed by atoms with van der Waals surface area (Å²) in [4.78, 5) is 31.9. The summed E-state index contributed by atoms with van der Waals surface area (Å²) in [6.45, 7) is 5.95. The van der Waals surface area contributed by atoms with Gasteiger partial charge in [0.05, 0.1) is 17.3 Å². The molecule has 3 aliphatic heterocycles. The van der Waals surface area contributed by atoms with Gasteiger partial charge in [0.25, 0.3) is 5.91 Å². The molecule has 3 saturated heterocycles. The van der Waals surface area contributed by atoms with E-state index >= 15 is 0 Å². The van der Waals surface area contributed by atoms with Crippen molar-refractivity contribution in [2.75, 3.05) is 19.6 Å². The molecule has 3 atom stereocenters. The van der Waals surface area contributed by atoms with E-state index in [0.29, 0.717) is 23.6 Å². The Bertz CT molecular complexity index is 1390. The number of imidazole rings is 1. The number of rotatable bonds is 3. The Hall–Kier alpha value is -3.26. The van der Waals surface area contributed by atoms with Crippen LogP contribution in [0.5, 0.6) is 0 Å². The van der Waals surface area contributed by atoms with Crippen LogP contribution in [0.1, 0.15) is 17.3 Å². The molecule has 31 heavy (non-hydrogen) atoms. The van der Waals surface area contributed by atoms with Crippen molar-refractivity contribution in [1.82, 2.24) is 33.9 Å². The van der Waals surface area contributed by atoms with Gasteiger partial charge in [0.15, 0.2) is 11.5 Å². The van der Waals surface area contributed by atoms with Crippen LogP contribution in [-0.2, 0) is 13.6 Å². The van der Waals surface area contributed by atoms with Gasteiger partial charge in [-0.15, -0.1) is 0 Å². The maximum atomic E-state index is 13.2. The van der Waals surface area contributed by atoms with Gasteiger partial charge < -0.3 is 14.0 Å². The molecule has 4 aromatic rings. The molecule has 0 unspecified atom stereocenters. The lowest BCUT2D eigenvalue weighted by Crippen LogP contribution is -2.71. The van der Waals surface area contributed by atoms with Crippen LogP contribution in [0.2, 0.25) is 0 Å². The molecule has 8 heteroatoms. The van der Waals surface area contributed by atoms with Gasteiger partial charge in [0, 0.05) is 63.0 Å². The number of hydrogen-bond donors (Lipinski definition) is 0. The summed E-state index contributed by atoms with van der Waals surface area (Å²) in [5.74, 6) is 1.58. The van der Waals surface area contributed by atoms with Crippen LogP contribution in [0.15, 0.2) is 36.7 Å². The van der Waals surface area contributed by atoms with E-state index < -0.39 is 0 Å². The van der Waals surface area contributed by atoms with Gasteiger partial charge in [-0.1, -0.05) is 0 Å². The highest BCUT2D eigenvalue weighted by molar-refractivity contribution is 5.97. The molecule has 3 fully saturated rings. The zero-order chi connectivity index (χ0) is 20.9. The van der Waals surface area contributed by atoms with Crippen molar-refractivity contribution in [1.29, 1.82) is 0 Å². The van der Waals surface area contributed by atoms with E-state index in [1.165, 1.54) is 0 Å².